The maximum atomic E-state index is 11.2. The van der Waals surface area contributed by atoms with Gasteiger partial charge in [-0.05, 0) is 36.1 Å². The quantitative estimate of drug-likeness (QED) is 0.111. The summed E-state index contributed by atoms with van der Waals surface area (Å²) in [6.45, 7) is 2.94. The average molecular weight is 366 g/mol. The molecule has 0 saturated heterocycles. The molecule has 1 rings (SSSR count). The molecular weight excluding hydrogens is 326 g/mol. The summed E-state index contributed by atoms with van der Waals surface area (Å²) in [5.41, 5.74) is 8.71. The minimum absolute atomic E-state index is 0.0983. The van der Waals surface area contributed by atoms with Crippen LogP contribution in [0.1, 0.15) is 96.8 Å². The van der Waals surface area contributed by atoms with Crippen LogP contribution in [0.15, 0.2) is 5.11 Å². The smallest absolute Gasteiger partial charge is 0.305 e. The van der Waals surface area contributed by atoms with E-state index in [4.69, 9.17) is 10.3 Å². The van der Waals surface area contributed by atoms with Gasteiger partial charge in [0, 0.05) is 17.9 Å². The van der Waals surface area contributed by atoms with Gasteiger partial charge in [0.1, 0.15) is 0 Å². The van der Waals surface area contributed by atoms with E-state index in [0.717, 1.165) is 24.7 Å². The number of methoxy groups -OCH3 is 1. The first kappa shape index (κ1) is 22.8. The summed E-state index contributed by atoms with van der Waals surface area (Å²) < 4.78 is 4.69. The molecule has 1 aliphatic rings. The van der Waals surface area contributed by atoms with Crippen LogP contribution in [0.4, 0.5) is 0 Å². The van der Waals surface area contributed by atoms with Gasteiger partial charge in [0.2, 0.25) is 0 Å². The van der Waals surface area contributed by atoms with Crippen molar-refractivity contribution in [3.8, 4) is 0 Å². The third kappa shape index (κ3) is 9.47. The monoisotopic (exact) mass is 365 g/mol. The van der Waals surface area contributed by atoms with Gasteiger partial charge in [-0.1, -0.05) is 82.7 Å². The van der Waals surface area contributed by atoms with Crippen LogP contribution in [0.3, 0.4) is 0 Å². The summed E-state index contributed by atoms with van der Waals surface area (Å²) in [4.78, 5) is 14.2. The van der Waals surface area contributed by atoms with Crippen molar-refractivity contribution in [2.75, 3.05) is 13.7 Å². The summed E-state index contributed by atoms with van der Waals surface area (Å²) in [5, 5.41) is 3.91. The number of carbonyl (C=O) groups excluding carboxylic acids is 1. The Labute approximate surface area is 159 Å². The zero-order valence-electron chi connectivity index (χ0n) is 17.0. The van der Waals surface area contributed by atoms with Crippen LogP contribution in [-0.4, -0.2) is 19.6 Å². The molecule has 26 heavy (non-hydrogen) atoms. The number of ether oxygens (including phenoxy) is 1. The van der Waals surface area contributed by atoms with Crippen molar-refractivity contribution in [3.05, 3.63) is 10.4 Å². The highest BCUT2D eigenvalue weighted by Crippen LogP contribution is 2.41. The van der Waals surface area contributed by atoms with Crippen LogP contribution in [0.5, 0.6) is 0 Å². The van der Waals surface area contributed by atoms with Crippen LogP contribution >= 0.6 is 0 Å². The fourth-order valence-corrected chi connectivity index (χ4v) is 4.59. The van der Waals surface area contributed by atoms with Gasteiger partial charge in [-0.2, -0.15) is 0 Å². The number of nitrogens with zero attached hydrogens (tertiary/aromatic N) is 3. The van der Waals surface area contributed by atoms with Crippen LogP contribution in [0.2, 0.25) is 0 Å². The Morgan fingerprint density at radius 3 is 2.46 bits per heavy atom. The zero-order chi connectivity index (χ0) is 19.0. The molecule has 0 N–H and O–H groups in total. The van der Waals surface area contributed by atoms with Crippen LogP contribution < -0.4 is 0 Å². The maximum absolute atomic E-state index is 11.2. The second kappa shape index (κ2) is 14.9. The first-order valence-electron chi connectivity index (χ1n) is 10.8. The van der Waals surface area contributed by atoms with E-state index in [1.807, 2.05) is 0 Å². The van der Waals surface area contributed by atoms with Crippen molar-refractivity contribution in [2.24, 2.45) is 22.9 Å². The third-order valence-electron chi connectivity index (χ3n) is 6.06. The molecule has 0 radical (unpaired) electrons. The fraction of sp³-hybridized carbons (Fsp3) is 0.952. The lowest BCUT2D eigenvalue weighted by atomic mass is 9.68. The summed E-state index contributed by atoms with van der Waals surface area (Å²) in [5.74, 6) is 2.01. The molecule has 0 heterocycles. The first-order valence-corrected chi connectivity index (χ1v) is 10.8. The van der Waals surface area contributed by atoms with E-state index in [2.05, 4.69) is 16.9 Å². The first-order chi connectivity index (χ1) is 12.7. The van der Waals surface area contributed by atoms with Gasteiger partial charge in [-0.3, -0.25) is 4.79 Å². The largest absolute Gasteiger partial charge is 0.469 e. The molecular formula is C21H39N3O2. The molecule has 0 aromatic heterocycles. The normalized spacial score (nSPS) is 22.6. The molecule has 0 bridgehead atoms. The van der Waals surface area contributed by atoms with Crippen LogP contribution in [0, 0.1) is 17.8 Å². The lowest BCUT2D eigenvalue weighted by Gasteiger charge is -2.38. The molecule has 1 saturated carbocycles. The Bertz CT molecular complexity index is 421. The molecule has 3 atom stereocenters. The van der Waals surface area contributed by atoms with E-state index in [0.29, 0.717) is 18.9 Å². The molecule has 1 fully saturated rings. The number of azide groups is 1. The molecule has 0 spiro atoms. The lowest BCUT2D eigenvalue weighted by molar-refractivity contribution is -0.140. The summed E-state index contributed by atoms with van der Waals surface area (Å²) in [6, 6.07) is 0. The molecule has 5 heteroatoms. The third-order valence-corrected chi connectivity index (χ3v) is 6.06. The SMILES string of the molecule is CCCCCCC1CCCC(CN=[N+]=[N-])C1CCCCCCC(=O)OC. The average Bonchev–Trinajstić information content (AvgIpc) is 2.66. The minimum atomic E-state index is -0.0983. The summed E-state index contributed by atoms with van der Waals surface area (Å²) in [6.07, 6.45) is 16.8. The fourth-order valence-electron chi connectivity index (χ4n) is 4.59. The summed E-state index contributed by atoms with van der Waals surface area (Å²) >= 11 is 0. The molecule has 1 aliphatic carbocycles. The number of hydrogen-bond acceptors (Lipinski definition) is 3. The standard InChI is InChI=1S/C21H39N3O2/c1-3-4-5-8-12-18-13-11-14-19(17-23-24-22)20(18)15-9-6-7-10-16-21(25)26-2/h18-20H,3-17H2,1-2H3. The van der Waals surface area contributed by atoms with Gasteiger partial charge in [0.05, 0.1) is 7.11 Å². The number of carbonyl (C=O) groups is 1. The highest BCUT2D eigenvalue weighted by Gasteiger charge is 2.31. The Morgan fingerprint density at radius 1 is 1.04 bits per heavy atom. The van der Waals surface area contributed by atoms with Crippen molar-refractivity contribution in [1.29, 1.82) is 0 Å². The van der Waals surface area contributed by atoms with Crippen molar-refractivity contribution in [3.63, 3.8) is 0 Å². The van der Waals surface area contributed by atoms with Crippen LogP contribution in [-0.2, 0) is 9.53 Å². The second-order valence-electron chi connectivity index (χ2n) is 7.91. The molecule has 3 unspecified atom stereocenters. The molecule has 0 amide bonds. The molecule has 150 valence electrons. The number of unbranched alkanes of at least 4 members (excludes halogenated alkanes) is 6. The van der Waals surface area contributed by atoms with Gasteiger partial charge in [0.25, 0.3) is 0 Å². The Balaban J connectivity index is 2.41. The second-order valence-corrected chi connectivity index (χ2v) is 7.91. The van der Waals surface area contributed by atoms with Crippen molar-refractivity contribution in [1.82, 2.24) is 0 Å². The van der Waals surface area contributed by atoms with E-state index in [9.17, 15) is 4.79 Å². The lowest BCUT2D eigenvalue weighted by Crippen LogP contribution is -2.30. The minimum Gasteiger partial charge on any atom is -0.469 e. The van der Waals surface area contributed by atoms with E-state index in [-0.39, 0.29) is 5.97 Å². The number of hydrogen-bond donors (Lipinski definition) is 0. The Kier molecular flexibility index (Phi) is 13.1. The Morgan fingerprint density at radius 2 is 1.73 bits per heavy atom. The van der Waals surface area contributed by atoms with E-state index >= 15 is 0 Å². The molecule has 5 nitrogen and oxygen atoms in total. The van der Waals surface area contributed by atoms with Gasteiger partial charge in [-0.15, -0.1) is 0 Å². The predicted octanol–water partition coefficient (Wildman–Crippen LogP) is 6.81. The van der Waals surface area contributed by atoms with E-state index in [1.54, 1.807) is 0 Å². The van der Waals surface area contributed by atoms with Gasteiger partial charge < -0.3 is 4.74 Å². The topological polar surface area (TPSA) is 75.1 Å². The van der Waals surface area contributed by atoms with E-state index < -0.39 is 0 Å². The molecule has 0 aliphatic heterocycles. The maximum Gasteiger partial charge on any atom is 0.305 e. The van der Waals surface area contributed by atoms with Crippen molar-refractivity contribution >= 4 is 5.97 Å². The van der Waals surface area contributed by atoms with E-state index in [1.165, 1.54) is 77.7 Å². The predicted molar refractivity (Wildman–Crippen MR) is 107 cm³/mol. The molecule has 0 aromatic rings. The number of rotatable bonds is 14. The number of esters is 1. The highest BCUT2D eigenvalue weighted by molar-refractivity contribution is 5.68. The van der Waals surface area contributed by atoms with Gasteiger partial charge in [0.15, 0.2) is 0 Å². The Hall–Kier alpha value is -1.22. The van der Waals surface area contributed by atoms with Gasteiger partial charge >= 0.3 is 5.97 Å². The highest BCUT2D eigenvalue weighted by atomic mass is 16.5. The van der Waals surface area contributed by atoms with Crippen molar-refractivity contribution < 1.29 is 9.53 Å². The molecule has 0 aromatic carbocycles. The van der Waals surface area contributed by atoms with Crippen LogP contribution in [0.25, 0.3) is 10.4 Å². The summed E-state index contributed by atoms with van der Waals surface area (Å²) in [7, 11) is 1.45. The van der Waals surface area contributed by atoms with Gasteiger partial charge in [-0.25, -0.2) is 0 Å². The van der Waals surface area contributed by atoms with Crippen molar-refractivity contribution in [2.45, 2.75) is 96.8 Å². The zero-order valence-corrected chi connectivity index (χ0v) is 17.0.